The zero-order valence-electron chi connectivity index (χ0n) is 17.9. The second-order valence-electron chi connectivity index (χ2n) is 7.69. The van der Waals surface area contributed by atoms with Crippen molar-refractivity contribution in [2.24, 2.45) is 0 Å². The molecule has 0 aliphatic carbocycles. The van der Waals surface area contributed by atoms with E-state index in [1.54, 1.807) is 31.2 Å². The van der Waals surface area contributed by atoms with Gasteiger partial charge in [0.15, 0.2) is 0 Å². The summed E-state index contributed by atoms with van der Waals surface area (Å²) >= 11 is 0. The predicted octanol–water partition coefficient (Wildman–Crippen LogP) is 2.58. The number of carbonyl (C=O) groups excluding carboxylic acids is 1. The normalized spacial score (nSPS) is 15.1. The van der Waals surface area contributed by atoms with Crippen LogP contribution in [0, 0.1) is 12.7 Å². The summed E-state index contributed by atoms with van der Waals surface area (Å²) in [5.74, 6) is -0.409. The van der Waals surface area contributed by atoms with Gasteiger partial charge in [0.2, 0.25) is 15.9 Å². The van der Waals surface area contributed by atoms with Crippen LogP contribution in [0.25, 0.3) is 0 Å². The van der Waals surface area contributed by atoms with E-state index < -0.39 is 10.0 Å². The number of hydrogen-bond donors (Lipinski definition) is 2. The second kappa shape index (κ2) is 10.2. The highest BCUT2D eigenvalue weighted by atomic mass is 32.2. The van der Waals surface area contributed by atoms with Gasteiger partial charge in [-0.3, -0.25) is 9.69 Å². The molecule has 0 aromatic heterocycles. The molecule has 1 amide bonds. The predicted molar refractivity (Wildman–Crippen MR) is 120 cm³/mol. The molecule has 9 heteroatoms. The van der Waals surface area contributed by atoms with E-state index in [-0.39, 0.29) is 16.6 Å². The van der Waals surface area contributed by atoms with Crippen LogP contribution in [-0.4, -0.2) is 58.5 Å². The van der Waals surface area contributed by atoms with Crippen LogP contribution < -0.4 is 14.9 Å². The van der Waals surface area contributed by atoms with Gasteiger partial charge in [0.25, 0.3) is 0 Å². The van der Waals surface area contributed by atoms with Crippen molar-refractivity contribution in [3.05, 3.63) is 53.8 Å². The lowest BCUT2D eigenvalue weighted by Crippen LogP contribution is -2.47. The number of benzene rings is 2. The van der Waals surface area contributed by atoms with Gasteiger partial charge >= 0.3 is 0 Å². The number of carbonyl (C=O) groups is 1. The number of para-hydroxylation sites is 1. The first-order chi connectivity index (χ1) is 14.8. The molecule has 1 heterocycles. The van der Waals surface area contributed by atoms with Crippen molar-refractivity contribution in [2.75, 3.05) is 49.5 Å². The van der Waals surface area contributed by atoms with Crippen LogP contribution in [0.4, 0.5) is 15.8 Å². The fourth-order valence-corrected chi connectivity index (χ4v) is 5.04. The first-order valence-corrected chi connectivity index (χ1v) is 11.8. The third-order valence-corrected chi connectivity index (χ3v) is 6.91. The minimum absolute atomic E-state index is 0.203. The molecule has 1 aliphatic rings. The maximum absolute atomic E-state index is 13.9. The molecule has 1 fully saturated rings. The van der Waals surface area contributed by atoms with Gasteiger partial charge in [0.1, 0.15) is 5.82 Å². The van der Waals surface area contributed by atoms with E-state index in [1.807, 2.05) is 11.0 Å². The number of rotatable bonds is 8. The lowest BCUT2D eigenvalue weighted by atomic mass is 10.2. The first kappa shape index (κ1) is 23.2. The Hall–Kier alpha value is -2.49. The number of halogens is 1. The van der Waals surface area contributed by atoms with E-state index in [4.69, 9.17) is 0 Å². The Morgan fingerprint density at radius 2 is 1.81 bits per heavy atom. The smallest absolute Gasteiger partial charge is 0.240 e. The van der Waals surface area contributed by atoms with Gasteiger partial charge in [-0.05, 0) is 55.8 Å². The minimum atomic E-state index is -3.62. The van der Waals surface area contributed by atoms with Crippen molar-refractivity contribution in [3.8, 4) is 0 Å². The zero-order chi connectivity index (χ0) is 22.4. The molecule has 0 saturated carbocycles. The summed E-state index contributed by atoms with van der Waals surface area (Å²) in [5.41, 5.74) is 1.77. The fraction of sp³-hybridized carbons (Fsp3) is 0.409. The van der Waals surface area contributed by atoms with Gasteiger partial charge < -0.3 is 10.2 Å². The standard InChI is InChI=1S/C22H29FN4O3S/c1-17-16-19(25-18(2)28)8-9-22(17)31(29,30)24-10-5-11-26-12-14-27(15-13-26)21-7-4-3-6-20(21)23/h3-4,6-9,16,24H,5,10-15H2,1-2H3,(H,25,28). The van der Waals surface area contributed by atoms with E-state index in [1.165, 1.54) is 19.1 Å². The third-order valence-electron chi connectivity index (χ3n) is 5.29. The first-order valence-electron chi connectivity index (χ1n) is 10.4. The molecule has 3 rings (SSSR count). The number of piperazine rings is 1. The summed E-state index contributed by atoms with van der Waals surface area (Å²) in [5, 5.41) is 2.65. The van der Waals surface area contributed by atoms with Crippen LogP contribution in [0.5, 0.6) is 0 Å². The SMILES string of the molecule is CC(=O)Nc1ccc(S(=O)(=O)NCCCN2CCN(c3ccccc3F)CC2)c(C)c1. The molecule has 31 heavy (non-hydrogen) atoms. The largest absolute Gasteiger partial charge is 0.367 e. The minimum Gasteiger partial charge on any atom is -0.367 e. The molecular formula is C22H29FN4O3S. The summed E-state index contributed by atoms with van der Waals surface area (Å²) < 4.78 is 41.8. The monoisotopic (exact) mass is 448 g/mol. The average Bonchev–Trinajstić information content (AvgIpc) is 2.71. The Balaban J connectivity index is 1.44. The van der Waals surface area contributed by atoms with Crippen molar-refractivity contribution < 1.29 is 17.6 Å². The molecular weight excluding hydrogens is 419 g/mol. The Bertz CT molecular complexity index is 1020. The summed E-state index contributed by atoms with van der Waals surface area (Å²) in [6.07, 6.45) is 0.682. The summed E-state index contributed by atoms with van der Waals surface area (Å²) in [7, 11) is -3.62. The van der Waals surface area contributed by atoms with Crippen molar-refractivity contribution in [1.29, 1.82) is 0 Å². The Morgan fingerprint density at radius 1 is 1.10 bits per heavy atom. The van der Waals surface area contributed by atoms with Gasteiger partial charge in [-0.1, -0.05) is 12.1 Å². The highest BCUT2D eigenvalue weighted by molar-refractivity contribution is 7.89. The maximum atomic E-state index is 13.9. The number of anilines is 2. The molecule has 168 valence electrons. The van der Waals surface area contributed by atoms with Gasteiger partial charge in [0, 0.05) is 45.3 Å². The summed E-state index contributed by atoms with van der Waals surface area (Å²) in [6.45, 7) is 7.32. The van der Waals surface area contributed by atoms with Crippen molar-refractivity contribution in [2.45, 2.75) is 25.2 Å². The lowest BCUT2D eigenvalue weighted by Gasteiger charge is -2.36. The van der Waals surface area contributed by atoms with Crippen LogP contribution >= 0.6 is 0 Å². The number of amides is 1. The number of hydrogen-bond acceptors (Lipinski definition) is 5. The van der Waals surface area contributed by atoms with Gasteiger partial charge in [-0.25, -0.2) is 17.5 Å². The van der Waals surface area contributed by atoms with Crippen LogP contribution in [0.15, 0.2) is 47.4 Å². The van der Waals surface area contributed by atoms with Crippen LogP contribution in [0.2, 0.25) is 0 Å². The van der Waals surface area contributed by atoms with Crippen molar-refractivity contribution >= 4 is 27.3 Å². The molecule has 1 saturated heterocycles. The maximum Gasteiger partial charge on any atom is 0.240 e. The molecule has 7 nitrogen and oxygen atoms in total. The Morgan fingerprint density at radius 3 is 2.45 bits per heavy atom. The van der Waals surface area contributed by atoms with Gasteiger partial charge in [-0.2, -0.15) is 0 Å². The topological polar surface area (TPSA) is 81.7 Å². The molecule has 2 aromatic rings. The molecule has 0 spiro atoms. The molecule has 0 atom stereocenters. The average molecular weight is 449 g/mol. The van der Waals surface area contributed by atoms with Crippen LogP contribution in [0.3, 0.4) is 0 Å². The van der Waals surface area contributed by atoms with Gasteiger partial charge in [-0.15, -0.1) is 0 Å². The zero-order valence-corrected chi connectivity index (χ0v) is 18.7. The lowest BCUT2D eigenvalue weighted by molar-refractivity contribution is -0.114. The number of aryl methyl sites for hydroxylation is 1. The van der Waals surface area contributed by atoms with Gasteiger partial charge in [0.05, 0.1) is 10.6 Å². The van der Waals surface area contributed by atoms with Crippen LogP contribution in [0.1, 0.15) is 18.9 Å². The summed E-state index contributed by atoms with van der Waals surface area (Å²) in [6, 6.07) is 11.5. The second-order valence-corrected chi connectivity index (χ2v) is 9.43. The van der Waals surface area contributed by atoms with E-state index in [9.17, 15) is 17.6 Å². The van der Waals surface area contributed by atoms with E-state index >= 15 is 0 Å². The van der Waals surface area contributed by atoms with E-state index in [0.717, 1.165) is 32.7 Å². The molecule has 2 N–H and O–H groups in total. The summed E-state index contributed by atoms with van der Waals surface area (Å²) in [4.78, 5) is 15.7. The Labute approximate surface area is 183 Å². The van der Waals surface area contributed by atoms with E-state index in [0.29, 0.717) is 29.9 Å². The highest BCUT2D eigenvalue weighted by Gasteiger charge is 2.20. The highest BCUT2D eigenvalue weighted by Crippen LogP contribution is 2.21. The molecule has 0 bridgehead atoms. The van der Waals surface area contributed by atoms with Crippen molar-refractivity contribution in [1.82, 2.24) is 9.62 Å². The van der Waals surface area contributed by atoms with Crippen molar-refractivity contribution in [3.63, 3.8) is 0 Å². The van der Waals surface area contributed by atoms with Crippen LogP contribution in [-0.2, 0) is 14.8 Å². The number of sulfonamides is 1. The number of nitrogens with one attached hydrogen (secondary N) is 2. The fourth-order valence-electron chi connectivity index (χ4n) is 3.74. The Kier molecular flexibility index (Phi) is 7.64. The quantitative estimate of drug-likeness (QED) is 0.607. The molecule has 2 aromatic carbocycles. The number of nitrogens with zero attached hydrogens (tertiary/aromatic N) is 2. The molecule has 0 unspecified atom stereocenters. The van der Waals surface area contributed by atoms with E-state index in [2.05, 4.69) is 14.9 Å². The third kappa shape index (κ3) is 6.25. The molecule has 0 radical (unpaired) electrons. The molecule has 1 aliphatic heterocycles.